The summed E-state index contributed by atoms with van der Waals surface area (Å²) >= 11 is 12.1. The second-order valence-corrected chi connectivity index (χ2v) is 10.1. The maximum absolute atomic E-state index is 13.1. The number of ether oxygens (including phenoxy) is 1. The number of carbonyl (C=O) groups excluding carboxylic acids is 1. The van der Waals surface area contributed by atoms with Crippen LogP contribution in [0.2, 0.25) is 10.0 Å². The predicted octanol–water partition coefficient (Wildman–Crippen LogP) is 7.08. The Morgan fingerprint density at radius 2 is 1.73 bits per heavy atom. The number of hydrogen-bond donors (Lipinski definition) is 3. The fraction of sp³-hybridized carbons (Fsp3) is 0.0800. The van der Waals surface area contributed by atoms with E-state index in [9.17, 15) is 22.9 Å². The Hall–Kier alpha value is -3.70. The van der Waals surface area contributed by atoms with Crippen molar-refractivity contribution in [3.63, 3.8) is 0 Å². The van der Waals surface area contributed by atoms with Crippen LogP contribution < -0.4 is 10.1 Å². The molecule has 0 aromatic heterocycles. The number of hydrogen-bond acceptors (Lipinski definition) is 7. The first kappa shape index (κ1) is 26.4. The number of azo groups is 1. The zero-order valence-corrected chi connectivity index (χ0v) is 21.7. The monoisotopic (exact) mass is 559 g/mol. The first-order valence-electron chi connectivity index (χ1n) is 10.6. The molecular formula is C25H19Cl2N3O6S. The lowest BCUT2D eigenvalue weighted by atomic mass is 10.0. The van der Waals surface area contributed by atoms with Crippen LogP contribution in [0.3, 0.4) is 0 Å². The largest absolute Gasteiger partial charge is 0.505 e. The number of fused-ring (bicyclic) bond motifs is 1. The third kappa shape index (κ3) is 5.52. The highest BCUT2D eigenvalue weighted by atomic mass is 35.5. The van der Waals surface area contributed by atoms with Gasteiger partial charge < -0.3 is 15.2 Å². The summed E-state index contributed by atoms with van der Waals surface area (Å²) in [6, 6.07) is 15.3. The number of nitrogens with one attached hydrogen (secondary N) is 1. The van der Waals surface area contributed by atoms with E-state index in [4.69, 9.17) is 27.9 Å². The van der Waals surface area contributed by atoms with Crippen LogP contribution in [0, 0.1) is 6.92 Å². The number of amides is 1. The molecule has 4 rings (SSSR count). The Labute approximate surface area is 222 Å². The Morgan fingerprint density at radius 1 is 1.00 bits per heavy atom. The molecule has 0 saturated heterocycles. The summed E-state index contributed by atoms with van der Waals surface area (Å²) in [5.41, 5.74) is 0.478. The van der Waals surface area contributed by atoms with E-state index in [2.05, 4.69) is 15.5 Å². The quantitative estimate of drug-likeness (QED) is 0.170. The molecule has 0 saturated carbocycles. The smallest absolute Gasteiger partial charge is 0.296 e. The van der Waals surface area contributed by atoms with Gasteiger partial charge in [0.1, 0.15) is 22.0 Å². The van der Waals surface area contributed by atoms with Crippen LogP contribution in [0.4, 0.5) is 17.1 Å². The number of methoxy groups -OCH3 is 1. The molecule has 190 valence electrons. The number of aromatic hydroxyl groups is 1. The van der Waals surface area contributed by atoms with Crippen molar-refractivity contribution in [2.24, 2.45) is 10.2 Å². The second-order valence-electron chi connectivity index (χ2n) is 7.89. The summed E-state index contributed by atoms with van der Waals surface area (Å²) < 4.78 is 38.5. The summed E-state index contributed by atoms with van der Waals surface area (Å²) in [6.07, 6.45) is 0. The van der Waals surface area contributed by atoms with Gasteiger partial charge in [-0.25, -0.2) is 0 Å². The number of phenols is 1. The molecule has 1 amide bonds. The molecule has 4 aromatic carbocycles. The molecule has 3 N–H and O–H groups in total. The lowest BCUT2D eigenvalue weighted by Crippen LogP contribution is -2.12. The van der Waals surface area contributed by atoms with E-state index in [1.54, 1.807) is 43.3 Å². The van der Waals surface area contributed by atoms with E-state index < -0.39 is 26.7 Å². The van der Waals surface area contributed by atoms with Crippen LogP contribution in [-0.2, 0) is 10.1 Å². The number of carbonyl (C=O) groups is 1. The third-order valence-corrected chi connectivity index (χ3v) is 7.03. The highest BCUT2D eigenvalue weighted by molar-refractivity contribution is 7.86. The van der Waals surface area contributed by atoms with Gasteiger partial charge >= 0.3 is 0 Å². The molecule has 0 heterocycles. The van der Waals surface area contributed by atoms with Gasteiger partial charge in [0.2, 0.25) is 0 Å². The molecule has 4 aromatic rings. The number of phenolic OH excluding ortho intramolecular Hbond substituents is 1. The Bertz CT molecular complexity index is 1690. The van der Waals surface area contributed by atoms with Gasteiger partial charge in [-0.1, -0.05) is 47.5 Å². The molecule has 0 fully saturated rings. The van der Waals surface area contributed by atoms with Gasteiger partial charge in [0, 0.05) is 22.2 Å². The zero-order chi connectivity index (χ0) is 26.9. The SMILES string of the molecule is COc1cc(NC(=O)c2cc3ccccc3c(N=Nc3cc(C)c(Cl)cc3S(=O)(=O)O)c2O)ccc1Cl. The van der Waals surface area contributed by atoms with E-state index in [-0.39, 0.29) is 22.0 Å². The third-order valence-electron chi connectivity index (χ3n) is 5.42. The van der Waals surface area contributed by atoms with Crippen molar-refractivity contribution in [3.05, 3.63) is 81.8 Å². The van der Waals surface area contributed by atoms with Crippen LogP contribution >= 0.6 is 23.2 Å². The molecule has 0 unspecified atom stereocenters. The van der Waals surface area contributed by atoms with E-state index >= 15 is 0 Å². The van der Waals surface area contributed by atoms with E-state index in [0.717, 1.165) is 6.07 Å². The van der Waals surface area contributed by atoms with Crippen LogP contribution in [0.25, 0.3) is 10.8 Å². The Kier molecular flexibility index (Phi) is 7.37. The molecule has 0 radical (unpaired) electrons. The number of rotatable bonds is 6. The zero-order valence-electron chi connectivity index (χ0n) is 19.4. The van der Waals surface area contributed by atoms with Crippen molar-refractivity contribution in [3.8, 4) is 11.5 Å². The van der Waals surface area contributed by atoms with E-state index in [1.807, 2.05) is 0 Å². The standard InChI is InChI=1S/C25H19Cl2N3O6S/c1-13-9-20(22(12-19(13)27)37(33,34)35)29-30-23-16-6-4-3-5-14(16)10-17(24(23)31)25(32)28-15-7-8-18(26)21(11-15)36-2/h3-12,31H,1-2H3,(H,28,32)(H,33,34,35). The summed E-state index contributed by atoms with van der Waals surface area (Å²) in [5, 5.41) is 23.2. The van der Waals surface area contributed by atoms with Gasteiger partial charge in [-0.2, -0.15) is 8.42 Å². The fourth-order valence-corrected chi connectivity index (χ4v) is 4.62. The van der Waals surface area contributed by atoms with Crippen molar-refractivity contribution >= 4 is 67.1 Å². The number of aryl methyl sites for hydroxylation is 1. The molecule has 0 bridgehead atoms. The van der Waals surface area contributed by atoms with E-state index in [0.29, 0.717) is 32.8 Å². The molecule has 37 heavy (non-hydrogen) atoms. The first-order valence-corrected chi connectivity index (χ1v) is 12.8. The van der Waals surface area contributed by atoms with E-state index in [1.165, 1.54) is 25.3 Å². The first-order chi connectivity index (χ1) is 17.5. The normalized spacial score (nSPS) is 11.7. The summed E-state index contributed by atoms with van der Waals surface area (Å²) in [7, 11) is -3.24. The van der Waals surface area contributed by atoms with Crippen LogP contribution in [-0.4, -0.2) is 31.1 Å². The summed E-state index contributed by atoms with van der Waals surface area (Å²) in [6.45, 7) is 1.62. The minimum atomic E-state index is -4.68. The minimum absolute atomic E-state index is 0.0779. The molecule has 0 aliphatic rings. The molecule has 0 aliphatic carbocycles. The Balaban J connectivity index is 1.82. The topological polar surface area (TPSA) is 138 Å². The van der Waals surface area contributed by atoms with Crippen LogP contribution in [0.15, 0.2) is 75.8 Å². The number of halogens is 2. The molecule has 0 aliphatic heterocycles. The maximum atomic E-state index is 13.1. The van der Waals surface area contributed by atoms with Crippen LogP contribution in [0.1, 0.15) is 15.9 Å². The Morgan fingerprint density at radius 3 is 2.43 bits per heavy atom. The molecule has 0 spiro atoms. The number of benzene rings is 4. The fourth-order valence-electron chi connectivity index (χ4n) is 3.56. The minimum Gasteiger partial charge on any atom is -0.505 e. The lowest BCUT2D eigenvalue weighted by molar-refractivity contribution is 0.102. The maximum Gasteiger partial charge on any atom is 0.296 e. The van der Waals surface area contributed by atoms with Gasteiger partial charge in [-0.3, -0.25) is 9.35 Å². The molecule has 0 atom stereocenters. The summed E-state index contributed by atoms with van der Waals surface area (Å²) in [4.78, 5) is 12.6. The van der Waals surface area contributed by atoms with Crippen molar-refractivity contribution in [1.29, 1.82) is 0 Å². The molecular weight excluding hydrogens is 541 g/mol. The predicted molar refractivity (Wildman–Crippen MR) is 142 cm³/mol. The van der Waals surface area contributed by atoms with Gasteiger partial charge in [-0.15, -0.1) is 10.2 Å². The average molecular weight is 560 g/mol. The number of nitrogens with zero attached hydrogens (tertiary/aromatic N) is 2. The van der Waals surface area contributed by atoms with Crippen molar-refractivity contribution in [2.45, 2.75) is 11.8 Å². The van der Waals surface area contributed by atoms with Crippen molar-refractivity contribution < 1.29 is 27.6 Å². The van der Waals surface area contributed by atoms with Gasteiger partial charge in [0.05, 0.1) is 17.7 Å². The highest BCUT2D eigenvalue weighted by Gasteiger charge is 2.21. The van der Waals surface area contributed by atoms with Gasteiger partial charge in [0.25, 0.3) is 16.0 Å². The van der Waals surface area contributed by atoms with Gasteiger partial charge in [0.15, 0.2) is 5.75 Å². The van der Waals surface area contributed by atoms with Gasteiger partial charge in [-0.05, 0) is 48.2 Å². The average Bonchev–Trinajstić information content (AvgIpc) is 2.85. The van der Waals surface area contributed by atoms with Crippen molar-refractivity contribution in [1.82, 2.24) is 0 Å². The number of anilines is 1. The highest BCUT2D eigenvalue weighted by Crippen LogP contribution is 2.41. The van der Waals surface area contributed by atoms with Crippen LogP contribution in [0.5, 0.6) is 11.5 Å². The van der Waals surface area contributed by atoms with Crippen molar-refractivity contribution in [2.75, 3.05) is 12.4 Å². The molecule has 12 heteroatoms. The lowest BCUT2D eigenvalue weighted by Gasteiger charge is -2.12. The second kappa shape index (κ2) is 10.3. The molecule has 9 nitrogen and oxygen atoms in total. The summed E-state index contributed by atoms with van der Waals surface area (Å²) in [5.74, 6) is -0.783.